The fourth-order valence-electron chi connectivity index (χ4n) is 3.04. The van der Waals surface area contributed by atoms with Gasteiger partial charge < -0.3 is 14.4 Å². The molecular formula is C19H24N2O2. The second-order valence-corrected chi connectivity index (χ2v) is 5.79. The summed E-state index contributed by atoms with van der Waals surface area (Å²) >= 11 is 0. The number of piperazine rings is 1. The molecule has 0 unspecified atom stereocenters. The SMILES string of the molecule is COc1ccc(CN2CCN(c3ccccc3)CC2)cc1OC. The Hall–Kier alpha value is -2.20. The molecule has 122 valence electrons. The van der Waals surface area contributed by atoms with Crippen LogP contribution in [0.5, 0.6) is 11.5 Å². The molecule has 0 aromatic heterocycles. The van der Waals surface area contributed by atoms with E-state index in [9.17, 15) is 0 Å². The van der Waals surface area contributed by atoms with Crippen LogP contribution in [-0.2, 0) is 6.54 Å². The largest absolute Gasteiger partial charge is 0.493 e. The van der Waals surface area contributed by atoms with Gasteiger partial charge in [0.1, 0.15) is 0 Å². The van der Waals surface area contributed by atoms with Crippen molar-refractivity contribution >= 4 is 5.69 Å². The molecule has 0 spiro atoms. The predicted octanol–water partition coefficient (Wildman–Crippen LogP) is 3.03. The van der Waals surface area contributed by atoms with Crippen molar-refractivity contribution in [1.82, 2.24) is 4.90 Å². The number of hydrogen-bond acceptors (Lipinski definition) is 4. The van der Waals surface area contributed by atoms with Crippen molar-refractivity contribution in [3.8, 4) is 11.5 Å². The van der Waals surface area contributed by atoms with E-state index in [1.807, 2.05) is 6.07 Å². The highest BCUT2D eigenvalue weighted by Gasteiger charge is 2.17. The van der Waals surface area contributed by atoms with E-state index in [2.05, 4.69) is 52.3 Å². The highest BCUT2D eigenvalue weighted by atomic mass is 16.5. The van der Waals surface area contributed by atoms with Crippen LogP contribution >= 0.6 is 0 Å². The standard InChI is InChI=1S/C19H24N2O2/c1-22-18-9-8-16(14-19(18)23-2)15-20-10-12-21(13-11-20)17-6-4-3-5-7-17/h3-9,14H,10-13,15H2,1-2H3. The molecule has 4 nitrogen and oxygen atoms in total. The van der Waals surface area contributed by atoms with Gasteiger partial charge in [-0.05, 0) is 29.8 Å². The van der Waals surface area contributed by atoms with E-state index in [4.69, 9.17) is 9.47 Å². The first-order valence-corrected chi connectivity index (χ1v) is 8.03. The lowest BCUT2D eigenvalue weighted by atomic mass is 10.1. The molecule has 1 fully saturated rings. The first-order chi connectivity index (χ1) is 11.3. The molecule has 1 heterocycles. The Kier molecular flexibility index (Phi) is 5.03. The molecule has 0 atom stereocenters. The molecule has 0 amide bonds. The van der Waals surface area contributed by atoms with Gasteiger partial charge in [-0.25, -0.2) is 0 Å². The summed E-state index contributed by atoms with van der Waals surface area (Å²) in [5, 5.41) is 0. The van der Waals surface area contributed by atoms with Crippen LogP contribution in [0.15, 0.2) is 48.5 Å². The summed E-state index contributed by atoms with van der Waals surface area (Å²) in [6.07, 6.45) is 0. The molecule has 3 rings (SSSR count). The number of methoxy groups -OCH3 is 2. The van der Waals surface area contributed by atoms with Gasteiger partial charge in [-0.3, -0.25) is 4.90 Å². The summed E-state index contributed by atoms with van der Waals surface area (Å²) in [6, 6.07) is 16.8. The zero-order valence-corrected chi connectivity index (χ0v) is 13.9. The Bertz CT molecular complexity index is 623. The second kappa shape index (κ2) is 7.38. The minimum atomic E-state index is 0.783. The molecule has 1 aliphatic rings. The van der Waals surface area contributed by atoms with Crippen LogP contribution in [-0.4, -0.2) is 45.3 Å². The fourth-order valence-corrected chi connectivity index (χ4v) is 3.04. The lowest BCUT2D eigenvalue weighted by Crippen LogP contribution is -2.45. The van der Waals surface area contributed by atoms with Crippen LogP contribution in [0.3, 0.4) is 0 Å². The number of benzene rings is 2. The van der Waals surface area contributed by atoms with Crippen molar-refractivity contribution in [3.05, 3.63) is 54.1 Å². The van der Waals surface area contributed by atoms with E-state index in [1.54, 1.807) is 14.2 Å². The van der Waals surface area contributed by atoms with Gasteiger partial charge in [0.15, 0.2) is 11.5 Å². The van der Waals surface area contributed by atoms with E-state index in [0.29, 0.717) is 0 Å². The highest BCUT2D eigenvalue weighted by Crippen LogP contribution is 2.28. The smallest absolute Gasteiger partial charge is 0.161 e. The number of hydrogen-bond donors (Lipinski definition) is 0. The fraction of sp³-hybridized carbons (Fsp3) is 0.368. The van der Waals surface area contributed by atoms with Crippen LogP contribution in [0.2, 0.25) is 0 Å². The van der Waals surface area contributed by atoms with E-state index in [1.165, 1.54) is 11.3 Å². The molecule has 0 saturated carbocycles. The number of ether oxygens (including phenoxy) is 2. The van der Waals surface area contributed by atoms with Crippen molar-refractivity contribution in [2.45, 2.75) is 6.54 Å². The van der Waals surface area contributed by atoms with Gasteiger partial charge in [0, 0.05) is 38.4 Å². The molecule has 0 N–H and O–H groups in total. The molecule has 2 aromatic rings. The summed E-state index contributed by atoms with van der Waals surface area (Å²) in [5.41, 5.74) is 2.58. The van der Waals surface area contributed by atoms with Gasteiger partial charge in [-0.15, -0.1) is 0 Å². The Morgan fingerprint density at radius 3 is 2.17 bits per heavy atom. The van der Waals surface area contributed by atoms with Gasteiger partial charge in [0.25, 0.3) is 0 Å². The number of rotatable bonds is 5. The summed E-state index contributed by atoms with van der Waals surface area (Å²) < 4.78 is 10.7. The van der Waals surface area contributed by atoms with E-state index < -0.39 is 0 Å². The topological polar surface area (TPSA) is 24.9 Å². The van der Waals surface area contributed by atoms with Gasteiger partial charge in [-0.1, -0.05) is 24.3 Å². The van der Waals surface area contributed by atoms with Crippen LogP contribution in [0.25, 0.3) is 0 Å². The molecular weight excluding hydrogens is 288 g/mol. The predicted molar refractivity (Wildman–Crippen MR) is 93.5 cm³/mol. The van der Waals surface area contributed by atoms with Crippen LogP contribution in [0.4, 0.5) is 5.69 Å². The lowest BCUT2D eigenvalue weighted by molar-refractivity contribution is 0.249. The van der Waals surface area contributed by atoms with Crippen molar-refractivity contribution in [2.75, 3.05) is 45.3 Å². The third kappa shape index (κ3) is 3.77. The van der Waals surface area contributed by atoms with Gasteiger partial charge in [0.05, 0.1) is 14.2 Å². The maximum atomic E-state index is 5.39. The molecule has 2 aromatic carbocycles. The molecule has 1 aliphatic heterocycles. The number of anilines is 1. The Labute approximate surface area is 138 Å². The monoisotopic (exact) mass is 312 g/mol. The van der Waals surface area contributed by atoms with Crippen molar-refractivity contribution in [2.24, 2.45) is 0 Å². The van der Waals surface area contributed by atoms with Gasteiger partial charge in [-0.2, -0.15) is 0 Å². The van der Waals surface area contributed by atoms with Gasteiger partial charge in [0.2, 0.25) is 0 Å². The molecule has 0 bridgehead atoms. The van der Waals surface area contributed by atoms with E-state index in [0.717, 1.165) is 44.2 Å². The molecule has 23 heavy (non-hydrogen) atoms. The molecule has 4 heteroatoms. The summed E-state index contributed by atoms with van der Waals surface area (Å²) in [4.78, 5) is 4.94. The third-order valence-corrected chi connectivity index (χ3v) is 4.35. The third-order valence-electron chi connectivity index (χ3n) is 4.35. The first kappa shape index (κ1) is 15.7. The average molecular weight is 312 g/mol. The van der Waals surface area contributed by atoms with Crippen LogP contribution < -0.4 is 14.4 Å². The second-order valence-electron chi connectivity index (χ2n) is 5.79. The van der Waals surface area contributed by atoms with Crippen molar-refractivity contribution in [1.29, 1.82) is 0 Å². The summed E-state index contributed by atoms with van der Waals surface area (Å²) in [5.74, 6) is 1.58. The average Bonchev–Trinajstić information content (AvgIpc) is 2.63. The van der Waals surface area contributed by atoms with Crippen LogP contribution in [0, 0.1) is 0 Å². The van der Waals surface area contributed by atoms with Crippen LogP contribution in [0.1, 0.15) is 5.56 Å². The Morgan fingerprint density at radius 2 is 1.52 bits per heavy atom. The zero-order chi connectivity index (χ0) is 16.1. The van der Waals surface area contributed by atoms with E-state index >= 15 is 0 Å². The first-order valence-electron chi connectivity index (χ1n) is 8.03. The van der Waals surface area contributed by atoms with Gasteiger partial charge >= 0.3 is 0 Å². The molecule has 0 aliphatic carbocycles. The Balaban J connectivity index is 1.58. The Morgan fingerprint density at radius 1 is 0.826 bits per heavy atom. The normalized spacial score (nSPS) is 15.5. The zero-order valence-electron chi connectivity index (χ0n) is 13.9. The van der Waals surface area contributed by atoms with Crippen molar-refractivity contribution < 1.29 is 9.47 Å². The maximum absolute atomic E-state index is 5.39. The summed E-state index contributed by atoms with van der Waals surface area (Å²) in [6.45, 7) is 5.23. The van der Waals surface area contributed by atoms with E-state index in [-0.39, 0.29) is 0 Å². The number of para-hydroxylation sites is 1. The van der Waals surface area contributed by atoms with Crippen molar-refractivity contribution in [3.63, 3.8) is 0 Å². The lowest BCUT2D eigenvalue weighted by Gasteiger charge is -2.36. The highest BCUT2D eigenvalue weighted by molar-refractivity contribution is 5.46. The quantitative estimate of drug-likeness (QED) is 0.847. The summed E-state index contributed by atoms with van der Waals surface area (Å²) in [7, 11) is 3.35. The maximum Gasteiger partial charge on any atom is 0.161 e. The number of nitrogens with zero attached hydrogens (tertiary/aromatic N) is 2. The minimum absolute atomic E-state index is 0.783. The minimum Gasteiger partial charge on any atom is -0.493 e. The molecule has 0 radical (unpaired) electrons. The molecule has 1 saturated heterocycles.